The Kier molecular flexibility index (Phi) is 3.39. The topological polar surface area (TPSA) is 37.0 Å². The van der Waals surface area contributed by atoms with Crippen molar-refractivity contribution in [2.45, 2.75) is 45.1 Å². The number of aromatic nitrogens is 1. The van der Waals surface area contributed by atoms with Gasteiger partial charge in [0.15, 0.2) is 0 Å². The molecule has 18 heavy (non-hydrogen) atoms. The molecular weight excluding hydrogens is 222 g/mol. The third-order valence-corrected chi connectivity index (χ3v) is 4.38. The molecule has 1 aromatic heterocycles. The minimum Gasteiger partial charge on any atom is -0.370 e. The number of nitrogens with one attached hydrogen (secondary N) is 2. The lowest BCUT2D eigenvalue weighted by Crippen LogP contribution is -2.26. The molecule has 1 heterocycles. The normalized spacial score (nSPS) is 29.5. The molecule has 2 fully saturated rings. The summed E-state index contributed by atoms with van der Waals surface area (Å²) in [6, 6.07) is 6.88. The maximum atomic E-state index is 4.64. The average molecular weight is 245 g/mol. The molecule has 3 heteroatoms. The van der Waals surface area contributed by atoms with Gasteiger partial charge in [-0.25, -0.2) is 4.98 Å². The van der Waals surface area contributed by atoms with Gasteiger partial charge >= 0.3 is 0 Å². The summed E-state index contributed by atoms with van der Waals surface area (Å²) in [5, 5.41) is 6.98. The maximum Gasteiger partial charge on any atom is 0.128 e. The fourth-order valence-corrected chi connectivity index (χ4v) is 3.48. The summed E-state index contributed by atoms with van der Waals surface area (Å²) >= 11 is 0. The van der Waals surface area contributed by atoms with Crippen LogP contribution in [0.5, 0.6) is 0 Å². The van der Waals surface area contributed by atoms with Gasteiger partial charge in [-0.3, -0.25) is 0 Å². The molecule has 0 aliphatic heterocycles. The summed E-state index contributed by atoms with van der Waals surface area (Å²) in [6.45, 7) is 3.16. The number of fused-ring (bicyclic) bond motifs is 2. The van der Waals surface area contributed by atoms with Crippen molar-refractivity contribution < 1.29 is 0 Å². The molecule has 2 bridgehead atoms. The largest absolute Gasteiger partial charge is 0.370 e. The van der Waals surface area contributed by atoms with E-state index in [-0.39, 0.29) is 0 Å². The molecule has 2 aliphatic rings. The Labute approximate surface area is 109 Å². The second kappa shape index (κ2) is 5.17. The van der Waals surface area contributed by atoms with Crippen LogP contribution in [-0.2, 0) is 0 Å². The van der Waals surface area contributed by atoms with Crippen molar-refractivity contribution in [3.63, 3.8) is 0 Å². The SMILES string of the molecule is CCCNc1cccc(NC2CC3CCC2C3)n1. The van der Waals surface area contributed by atoms with Crippen LogP contribution in [0, 0.1) is 11.8 Å². The summed E-state index contributed by atoms with van der Waals surface area (Å²) in [7, 11) is 0. The molecule has 3 nitrogen and oxygen atoms in total. The Hall–Kier alpha value is -1.25. The molecule has 0 aromatic carbocycles. The van der Waals surface area contributed by atoms with Crippen LogP contribution in [0.4, 0.5) is 11.6 Å². The molecule has 2 N–H and O–H groups in total. The molecular formula is C15H23N3. The molecule has 2 saturated carbocycles. The monoisotopic (exact) mass is 245 g/mol. The average Bonchev–Trinajstić information content (AvgIpc) is 2.99. The van der Waals surface area contributed by atoms with Gasteiger partial charge in [-0.1, -0.05) is 19.4 Å². The lowest BCUT2D eigenvalue weighted by molar-refractivity contribution is 0.439. The quantitative estimate of drug-likeness (QED) is 0.833. The minimum atomic E-state index is 0.665. The lowest BCUT2D eigenvalue weighted by atomic mass is 9.95. The van der Waals surface area contributed by atoms with E-state index >= 15 is 0 Å². The first-order chi connectivity index (χ1) is 8.85. The summed E-state index contributed by atoms with van der Waals surface area (Å²) in [6.07, 6.45) is 6.78. The van der Waals surface area contributed by atoms with Gasteiger partial charge in [-0.2, -0.15) is 0 Å². The third-order valence-electron chi connectivity index (χ3n) is 4.38. The van der Waals surface area contributed by atoms with E-state index in [0.717, 1.165) is 36.4 Å². The van der Waals surface area contributed by atoms with E-state index < -0.39 is 0 Å². The van der Waals surface area contributed by atoms with Gasteiger partial charge in [0.2, 0.25) is 0 Å². The van der Waals surface area contributed by atoms with E-state index in [1.54, 1.807) is 0 Å². The van der Waals surface area contributed by atoms with Crippen molar-refractivity contribution >= 4 is 11.6 Å². The minimum absolute atomic E-state index is 0.665. The summed E-state index contributed by atoms with van der Waals surface area (Å²) < 4.78 is 0. The zero-order chi connectivity index (χ0) is 12.4. The van der Waals surface area contributed by atoms with E-state index in [0.29, 0.717) is 6.04 Å². The van der Waals surface area contributed by atoms with Crippen LogP contribution < -0.4 is 10.6 Å². The highest BCUT2D eigenvalue weighted by molar-refractivity contribution is 5.45. The summed E-state index contributed by atoms with van der Waals surface area (Å²) in [4.78, 5) is 4.64. The van der Waals surface area contributed by atoms with E-state index in [1.165, 1.54) is 25.7 Å². The van der Waals surface area contributed by atoms with Crippen molar-refractivity contribution in [2.75, 3.05) is 17.2 Å². The number of hydrogen-bond donors (Lipinski definition) is 2. The molecule has 1 aromatic rings. The summed E-state index contributed by atoms with van der Waals surface area (Å²) in [5.74, 6) is 3.90. The first-order valence-corrected chi connectivity index (χ1v) is 7.32. The Bertz CT molecular complexity index is 404. The van der Waals surface area contributed by atoms with Crippen LogP contribution in [0.25, 0.3) is 0 Å². The van der Waals surface area contributed by atoms with Crippen molar-refractivity contribution in [2.24, 2.45) is 11.8 Å². The molecule has 0 radical (unpaired) electrons. The predicted molar refractivity (Wildman–Crippen MR) is 75.9 cm³/mol. The van der Waals surface area contributed by atoms with Gasteiger partial charge in [0.1, 0.15) is 11.6 Å². The fraction of sp³-hybridized carbons (Fsp3) is 0.667. The first-order valence-electron chi connectivity index (χ1n) is 7.32. The van der Waals surface area contributed by atoms with Gasteiger partial charge in [-0.05, 0) is 49.7 Å². The number of hydrogen-bond acceptors (Lipinski definition) is 3. The highest BCUT2D eigenvalue weighted by Crippen LogP contribution is 2.45. The van der Waals surface area contributed by atoms with Gasteiger partial charge in [0.05, 0.1) is 0 Å². The first kappa shape index (κ1) is 11.8. The second-order valence-corrected chi connectivity index (χ2v) is 5.76. The zero-order valence-electron chi connectivity index (χ0n) is 11.2. The van der Waals surface area contributed by atoms with Crippen molar-refractivity contribution in [1.82, 2.24) is 4.98 Å². The zero-order valence-corrected chi connectivity index (χ0v) is 11.2. The van der Waals surface area contributed by atoms with E-state index in [4.69, 9.17) is 0 Å². The lowest BCUT2D eigenvalue weighted by Gasteiger charge is -2.23. The van der Waals surface area contributed by atoms with Crippen molar-refractivity contribution in [3.05, 3.63) is 18.2 Å². The van der Waals surface area contributed by atoms with Crippen LogP contribution in [0.2, 0.25) is 0 Å². The highest BCUT2D eigenvalue weighted by atomic mass is 15.1. The van der Waals surface area contributed by atoms with E-state index in [2.05, 4.69) is 34.7 Å². The standard InChI is InChI=1S/C15H23N3/c1-2-8-16-14-4-3-5-15(18-14)17-13-10-11-6-7-12(13)9-11/h3-5,11-13H,2,6-10H2,1H3,(H2,16,17,18). The van der Waals surface area contributed by atoms with Crippen LogP contribution in [-0.4, -0.2) is 17.6 Å². The molecule has 3 unspecified atom stereocenters. The molecule has 98 valence electrons. The summed E-state index contributed by atoms with van der Waals surface area (Å²) in [5.41, 5.74) is 0. The molecule has 0 spiro atoms. The van der Waals surface area contributed by atoms with E-state index in [9.17, 15) is 0 Å². The van der Waals surface area contributed by atoms with Crippen LogP contribution in [0.3, 0.4) is 0 Å². The Morgan fingerprint density at radius 1 is 1.22 bits per heavy atom. The van der Waals surface area contributed by atoms with Crippen LogP contribution >= 0.6 is 0 Å². The highest BCUT2D eigenvalue weighted by Gasteiger charge is 2.39. The number of pyridine rings is 1. The smallest absolute Gasteiger partial charge is 0.128 e. The molecule has 3 rings (SSSR count). The van der Waals surface area contributed by atoms with Crippen molar-refractivity contribution in [1.29, 1.82) is 0 Å². The predicted octanol–water partition coefficient (Wildman–Crippen LogP) is 3.50. The molecule has 0 amide bonds. The number of nitrogens with zero attached hydrogens (tertiary/aromatic N) is 1. The third kappa shape index (κ3) is 2.45. The van der Waals surface area contributed by atoms with Gasteiger partial charge in [0.25, 0.3) is 0 Å². The van der Waals surface area contributed by atoms with Crippen LogP contribution in [0.1, 0.15) is 39.0 Å². The maximum absolute atomic E-state index is 4.64. The Balaban J connectivity index is 1.62. The second-order valence-electron chi connectivity index (χ2n) is 5.76. The van der Waals surface area contributed by atoms with Gasteiger partial charge in [0, 0.05) is 12.6 Å². The molecule has 2 aliphatic carbocycles. The number of rotatable bonds is 5. The van der Waals surface area contributed by atoms with Crippen molar-refractivity contribution in [3.8, 4) is 0 Å². The molecule has 3 atom stereocenters. The Morgan fingerprint density at radius 3 is 2.83 bits per heavy atom. The van der Waals surface area contributed by atoms with Gasteiger partial charge in [-0.15, -0.1) is 0 Å². The number of anilines is 2. The van der Waals surface area contributed by atoms with E-state index in [1.807, 2.05) is 6.07 Å². The fourth-order valence-electron chi connectivity index (χ4n) is 3.48. The Morgan fingerprint density at radius 2 is 2.11 bits per heavy atom. The molecule has 0 saturated heterocycles. The van der Waals surface area contributed by atoms with Gasteiger partial charge < -0.3 is 10.6 Å². The van der Waals surface area contributed by atoms with Crippen LogP contribution in [0.15, 0.2) is 18.2 Å².